The van der Waals surface area contributed by atoms with Gasteiger partial charge < -0.3 is 9.30 Å². The Bertz CT molecular complexity index is 1210. The van der Waals surface area contributed by atoms with E-state index in [4.69, 9.17) is 0 Å². The molecule has 4 rings (SSSR count). The smallest absolute Gasteiger partial charge is 0.210 e. The molecule has 4 aromatic rings. The Morgan fingerprint density at radius 3 is 2.52 bits per heavy atom. The molecule has 0 aliphatic carbocycles. The first-order chi connectivity index (χ1) is 13.1. The molecule has 2 aromatic carbocycles. The first-order valence-electron chi connectivity index (χ1n) is 8.81. The molecule has 0 unspecified atom stereocenters. The van der Waals surface area contributed by atoms with Gasteiger partial charge in [0.05, 0.1) is 22.3 Å². The number of carbonyl (C=O) groups is 1. The van der Waals surface area contributed by atoms with Crippen LogP contribution in [0, 0.1) is 11.3 Å². The quantitative estimate of drug-likeness (QED) is 0.515. The molecule has 0 fully saturated rings. The largest absolute Gasteiger partial charge is 0.305 e. The van der Waals surface area contributed by atoms with E-state index in [-0.39, 0.29) is 5.78 Å². The van der Waals surface area contributed by atoms with Gasteiger partial charge in [0.2, 0.25) is 5.78 Å². The number of nitriles is 1. The van der Waals surface area contributed by atoms with Crippen LogP contribution >= 0.6 is 0 Å². The minimum atomic E-state index is -0.0692. The maximum absolute atomic E-state index is 13.5. The molecule has 2 aromatic heterocycles. The van der Waals surface area contributed by atoms with Crippen LogP contribution in [0.2, 0.25) is 0 Å². The number of carbonyl (C=O) groups excluding carboxylic acids is 1. The lowest BCUT2D eigenvalue weighted by atomic mass is 10.0. The van der Waals surface area contributed by atoms with Crippen LogP contribution in [0.25, 0.3) is 16.4 Å². The summed E-state index contributed by atoms with van der Waals surface area (Å²) in [5, 5.41) is 10.6. The van der Waals surface area contributed by atoms with Crippen molar-refractivity contribution in [3.05, 3.63) is 89.1 Å². The number of pyridine rings is 1. The van der Waals surface area contributed by atoms with Crippen LogP contribution in [0.3, 0.4) is 0 Å². The third-order valence-corrected chi connectivity index (χ3v) is 4.74. The van der Waals surface area contributed by atoms with Gasteiger partial charge >= 0.3 is 0 Å². The molecule has 0 amide bonds. The van der Waals surface area contributed by atoms with Crippen molar-refractivity contribution in [2.45, 2.75) is 6.54 Å². The number of ketones is 1. The molecule has 132 valence electrons. The van der Waals surface area contributed by atoms with E-state index in [2.05, 4.69) is 6.07 Å². The van der Waals surface area contributed by atoms with Crippen molar-refractivity contribution in [1.82, 2.24) is 9.30 Å². The van der Waals surface area contributed by atoms with Crippen molar-refractivity contribution in [3.8, 4) is 6.07 Å². The standard InChI is InChI=1S/C23H19N3O/c1-25(2)15-17-8-3-5-9-19(17)23(27)22-13-18(14-24)21-12-11-16-7-4-6-10-20(16)26(21)22/h3-13H,15H2,1-2H3. The fourth-order valence-corrected chi connectivity index (χ4v) is 3.57. The lowest BCUT2D eigenvalue weighted by molar-refractivity contribution is 0.103. The Morgan fingerprint density at radius 1 is 1.00 bits per heavy atom. The first-order valence-corrected chi connectivity index (χ1v) is 8.81. The van der Waals surface area contributed by atoms with Crippen molar-refractivity contribution < 1.29 is 4.79 Å². The molecule has 0 aliphatic heterocycles. The number of hydrogen-bond donors (Lipinski definition) is 0. The van der Waals surface area contributed by atoms with Crippen LogP contribution in [-0.4, -0.2) is 29.2 Å². The predicted octanol–water partition coefficient (Wildman–Crippen LogP) is 4.26. The van der Waals surface area contributed by atoms with Crippen LogP contribution in [0.4, 0.5) is 0 Å². The highest BCUT2D eigenvalue weighted by atomic mass is 16.1. The Balaban J connectivity index is 1.99. The monoisotopic (exact) mass is 353 g/mol. The van der Waals surface area contributed by atoms with Gasteiger partial charge in [-0.2, -0.15) is 5.26 Å². The third-order valence-electron chi connectivity index (χ3n) is 4.74. The summed E-state index contributed by atoms with van der Waals surface area (Å²) in [4.78, 5) is 15.5. The molecule has 0 bridgehead atoms. The molecule has 0 saturated carbocycles. The van der Waals surface area contributed by atoms with Crippen LogP contribution in [-0.2, 0) is 6.54 Å². The van der Waals surface area contributed by atoms with Gasteiger partial charge in [0.25, 0.3) is 0 Å². The van der Waals surface area contributed by atoms with Crippen molar-refractivity contribution >= 4 is 22.2 Å². The maximum atomic E-state index is 13.5. The topological polar surface area (TPSA) is 48.5 Å². The molecule has 2 heterocycles. The van der Waals surface area contributed by atoms with Gasteiger partial charge in [-0.05, 0) is 43.2 Å². The molecule has 27 heavy (non-hydrogen) atoms. The summed E-state index contributed by atoms with van der Waals surface area (Å²) in [7, 11) is 3.96. The summed E-state index contributed by atoms with van der Waals surface area (Å²) in [6.45, 7) is 0.678. The second-order valence-electron chi connectivity index (χ2n) is 6.89. The van der Waals surface area contributed by atoms with Crippen molar-refractivity contribution in [3.63, 3.8) is 0 Å². The molecule has 4 heteroatoms. The van der Waals surface area contributed by atoms with Gasteiger partial charge in [0, 0.05) is 12.1 Å². The van der Waals surface area contributed by atoms with Crippen molar-refractivity contribution in [2.24, 2.45) is 0 Å². The van der Waals surface area contributed by atoms with E-state index in [1.54, 1.807) is 6.07 Å². The zero-order valence-electron chi connectivity index (χ0n) is 15.3. The molecular weight excluding hydrogens is 334 g/mol. The van der Waals surface area contributed by atoms with E-state index in [9.17, 15) is 10.1 Å². The summed E-state index contributed by atoms with van der Waals surface area (Å²) in [5.74, 6) is -0.0692. The van der Waals surface area contributed by atoms with Crippen molar-refractivity contribution in [2.75, 3.05) is 14.1 Å². The summed E-state index contributed by atoms with van der Waals surface area (Å²) >= 11 is 0. The van der Waals surface area contributed by atoms with Crippen LogP contribution < -0.4 is 0 Å². The lowest BCUT2D eigenvalue weighted by Crippen LogP contribution is -2.15. The molecule has 0 spiro atoms. The zero-order valence-corrected chi connectivity index (χ0v) is 15.3. The highest BCUT2D eigenvalue weighted by Crippen LogP contribution is 2.26. The highest BCUT2D eigenvalue weighted by Gasteiger charge is 2.20. The maximum Gasteiger partial charge on any atom is 0.210 e. The number of hydrogen-bond acceptors (Lipinski definition) is 3. The average Bonchev–Trinajstić information content (AvgIpc) is 3.07. The highest BCUT2D eigenvalue weighted by molar-refractivity contribution is 6.11. The van der Waals surface area contributed by atoms with Crippen LogP contribution in [0.15, 0.2) is 66.7 Å². The number of para-hydroxylation sites is 1. The lowest BCUT2D eigenvalue weighted by Gasteiger charge is -2.14. The fraction of sp³-hybridized carbons (Fsp3) is 0.130. The van der Waals surface area contributed by atoms with E-state index in [1.807, 2.05) is 84.1 Å². The van der Waals surface area contributed by atoms with Gasteiger partial charge in [-0.25, -0.2) is 0 Å². The van der Waals surface area contributed by atoms with E-state index in [0.29, 0.717) is 23.4 Å². The molecule has 4 nitrogen and oxygen atoms in total. The minimum absolute atomic E-state index is 0.0692. The van der Waals surface area contributed by atoms with E-state index in [0.717, 1.165) is 22.0 Å². The Kier molecular flexibility index (Phi) is 4.23. The van der Waals surface area contributed by atoms with Gasteiger partial charge in [0.1, 0.15) is 6.07 Å². The number of fused-ring (bicyclic) bond motifs is 3. The second-order valence-corrected chi connectivity index (χ2v) is 6.89. The van der Waals surface area contributed by atoms with E-state index < -0.39 is 0 Å². The summed E-state index contributed by atoms with van der Waals surface area (Å²) < 4.78 is 1.91. The fourth-order valence-electron chi connectivity index (χ4n) is 3.57. The molecule has 0 N–H and O–H groups in total. The molecular formula is C23H19N3O. The SMILES string of the molecule is CN(C)Cc1ccccc1C(=O)c1cc(C#N)c2ccc3ccccc3n12. The number of aromatic nitrogens is 1. The first kappa shape index (κ1) is 17.0. The van der Waals surface area contributed by atoms with Crippen molar-refractivity contribution in [1.29, 1.82) is 5.26 Å². The zero-order chi connectivity index (χ0) is 19.0. The number of rotatable bonds is 4. The summed E-state index contributed by atoms with van der Waals surface area (Å²) in [6, 6.07) is 23.4. The molecule has 0 saturated heterocycles. The summed E-state index contributed by atoms with van der Waals surface area (Å²) in [6.07, 6.45) is 0. The Labute approximate surface area is 157 Å². The van der Waals surface area contributed by atoms with Gasteiger partial charge in [-0.3, -0.25) is 4.79 Å². The van der Waals surface area contributed by atoms with Gasteiger partial charge in [-0.1, -0.05) is 48.5 Å². The van der Waals surface area contributed by atoms with E-state index in [1.165, 1.54) is 0 Å². The van der Waals surface area contributed by atoms with Crippen LogP contribution in [0.5, 0.6) is 0 Å². The normalized spacial score (nSPS) is 11.2. The van der Waals surface area contributed by atoms with E-state index >= 15 is 0 Å². The Morgan fingerprint density at radius 2 is 1.74 bits per heavy atom. The Hall–Kier alpha value is -3.42. The molecule has 0 atom stereocenters. The van der Waals surface area contributed by atoms with Crippen LogP contribution in [0.1, 0.15) is 27.2 Å². The number of benzene rings is 2. The molecule has 0 aliphatic rings. The second kappa shape index (κ2) is 6.71. The third kappa shape index (κ3) is 2.88. The minimum Gasteiger partial charge on any atom is -0.305 e. The predicted molar refractivity (Wildman–Crippen MR) is 107 cm³/mol. The van der Waals surface area contributed by atoms with Gasteiger partial charge in [-0.15, -0.1) is 0 Å². The molecule has 0 radical (unpaired) electrons. The summed E-state index contributed by atoms with van der Waals surface area (Å²) in [5.41, 5.74) is 4.34. The number of nitrogens with zero attached hydrogens (tertiary/aromatic N) is 3. The average molecular weight is 353 g/mol. The van der Waals surface area contributed by atoms with Gasteiger partial charge in [0.15, 0.2) is 0 Å².